The monoisotopic (exact) mass is 239 g/mol. The van der Waals surface area contributed by atoms with Gasteiger partial charge in [-0.1, -0.05) is 13.8 Å². The van der Waals surface area contributed by atoms with Gasteiger partial charge in [0.15, 0.2) is 0 Å². The first-order valence-electron chi connectivity index (χ1n) is 7.44. The molecule has 17 heavy (non-hydrogen) atoms. The largest absolute Gasteiger partial charge is 0.313 e. The van der Waals surface area contributed by atoms with E-state index in [0.29, 0.717) is 0 Å². The highest BCUT2D eigenvalue weighted by molar-refractivity contribution is 4.90. The molecular formula is C14H29N3. The molecule has 1 heterocycles. The number of hydrogen-bond donors (Lipinski definition) is 1. The summed E-state index contributed by atoms with van der Waals surface area (Å²) < 4.78 is 0. The molecule has 2 rings (SSSR count). The van der Waals surface area contributed by atoms with E-state index in [1.165, 1.54) is 45.6 Å². The van der Waals surface area contributed by atoms with Gasteiger partial charge in [0.1, 0.15) is 0 Å². The fourth-order valence-corrected chi connectivity index (χ4v) is 3.13. The van der Waals surface area contributed by atoms with Crippen LogP contribution in [0.2, 0.25) is 0 Å². The van der Waals surface area contributed by atoms with Crippen LogP contribution in [0.4, 0.5) is 0 Å². The lowest BCUT2D eigenvalue weighted by molar-refractivity contribution is 0.0794. The maximum atomic E-state index is 3.68. The first-order valence-corrected chi connectivity index (χ1v) is 7.44. The maximum absolute atomic E-state index is 3.68. The van der Waals surface area contributed by atoms with Crippen molar-refractivity contribution in [2.24, 2.45) is 5.92 Å². The van der Waals surface area contributed by atoms with Gasteiger partial charge in [0.2, 0.25) is 0 Å². The molecule has 1 aliphatic heterocycles. The highest BCUT2D eigenvalue weighted by Crippen LogP contribution is 2.33. The maximum Gasteiger partial charge on any atom is 0.0223 e. The normalized spacial score (nSPS) is 29.5. The second-order valence-electron chi connectivity index (χ2n) is 5.74. The van der Waals surface area contributed by atoms with E-state index in [9.17, 15) is 0 Å². The molecule has 3 heteroatoms. The van der Waals surface area contributed by atoms with Gasteiger partial charge in [0.25, 0.3) is 0 Å². The predicted octanol–water partition coefficient (Wildman–Crippen LogP) is 1.40. The Balaban J connectivity index is 1.78. The van der Waals surface area contributed by atoms with Crippen molar-refractivity contribution in [3.8, 4) is 0 Å². The topological polar surface area (TPSA) is 18.5 Å². The summed E-state index contributed by atoms with van der Waals surface area (Å²) in [5.74, 6) is 0.967. The third-order valence-corrected chi connectivity index (χ3v) is 4.37. The van der Waals surface area contributed by atoms with Crippen LogP contribution in [-0.2, 0) is 0 Å². The second kappa shape index (κ2) is 6.17. The summed E-state index contributed by atoms with van der Waals surface area (Å²) >= 11 is 0. The zero-order valence-corrected chi connectivity index (χ0v) is 11.8. The van der Waals surface area contributed by atoms with Gasteiger partial charge in [-0.2, -0.15) is 0 Å². The summed E-state index contributed by atoms with van der Waals surface area (Å²) in [5, 5.41) is 3.68. The molecule has 100 valence electrons. The third-order valence-electron chi connectivity index (χ3n) is 4.37. The van der Waals surface area contributed by atoms with Crippen LogP contribution in [0.5, 0.6) is 0 Å². The molecule has 0 radical (unpaired) electrons. The smallest absolute Gasteiger partial charge is 0.0223 e. The summed E-state index contributed by atoms with van der Waals surface area (Å²) in [7, 11) is 0. The van der Waals surface area contributed by atoms with Crippen LogP contribution in [0.25, 0.3) is 0 Å². The van der Waals surface area contributed by atoms with Gasteiger partial charge in [-0.15, -0.1) is 0 Å². The zero-order valence-electron chi connectivity index (χ0n) is 11.8. The van der Waals surface area contributed by atoms with Crippen LogP contribution in [-0.4, -0.2) is 61.2 Å². The van der Waals surface area contributed by atoms with E-state index in [2.05, 4.69) is 35.9 Å². The molecule has 0 aromatic carbocycles. The molecule has 0 aromatic heterocycles. The summed E-state index contributed by atoms with van der Waals surface area (Å²) in [4.78, 5) is 5.26. The number of hydrogen-bond acceptors (Lipinski definition) is 3. The van der Waals surface area contributed by atoms with Gasteiger partial charge in [-0.05, 0) is 38.8 Å². The highest BCUT2D eigenvalue weighted by atomic mass is 15.3. The number of piperazine rings is 1. The Kier molecular flexibility index (Phi) is 4.83. The molecule has 0 spiro atoms. The summed E-state index contributed by atoms with van der Waals surface area (Å²) in [5.41, 5.74) is 0. The minimum atomic E-state index is 0.732. The first-order chi connectivity index (χ1) is 8.24. The molecule has 2 fully saturated rings. The van der Waals surface area contributed by atoms with E-state index in [1.54, 1.807) is 0 Å². The molecule has 1 aliphatic carbocycles. The van der Waals surface area contributed by atoms with Crippen LogP contribution in [0.1, 0.15) is 33.6 Å². The fourth-order valence-electron chi connectivity index (χ4n) is 3.13. The minimum Gasteiger partial charge on any atom is -0.313 e. The van der Waals surface area contributed by atoms with Gasteiger partial charge in [-0.25, -0.2) is 0 Å². The van der Waals surface area contributed by atoms with Crippen LogP contribution in [0.3, 0.4) is 0 Å². The quantitative estimate of drug-likeness (QED) is 0.756. The van der Waals surface area contributed by atoms with Crippen molar-refractivity contribution in [1.29, 1.82) is 0 Å². The average molecular weight is 239 g/mol. The van der Waals surface area contributed by atoms with E-state index in [1.807, 2.05) is 0 Å². The average Bonchev–Trinajstić information content (AvgIpc) is 3.12. The lowest BCUT2D eigenvalue weighted by atomic mass is 10.1. The van der Waals surface area contributed by atoms with Gasteiger partial charge >= 0.3 is 0 Å². The third kappa shape index (κ3) is 3.67. The lowest BCUT2D eigenvalue weighted by Gasteiger charge is -2.40. The Morgan fingerprint density at radius 2 is 2.00 bits per heavy atom. The fraction of sp³-hybridized carbons (Fsp3) is 1.00. The molecule has 0 aromatic rings. The molecule has 1 saturated heterocycles. The first kappa shape index (κ1) is 13.3. The van der Waals surface area contributed by atoms with E-state index in [-0.39, 0.29) is 0 Å². The number of nitrogens with zero attached hydrogens (tertiary/aromatic N) is 2. The Morgan fingerprint density at radius 3 is 2.53 bits per heavy atom. The summed E-state index contributed by atoms with van der Waals surface area (Å²) in [6, 6.07) is 1.48. The molecule has 1 saturated carbocycles. The molecule has 2 aliphatic rings. The van der Waals surface area contributed by atoms with Crippen LogP contribution >= 0.6 is 0 Å². The molecule has 3 nitrogen and oxygen atoms in total. The van der Waals surface area contributed by atoms with Crippen molar-refractivity contribution in [3.05, 3.63) is 0 Å². The Hall–Kier alpha value is -0.120. The Labute approximate surface area is 107 Å². The molecule has 1 N–H and O–H groups in total. The van der Waals surface area contributed by atoms with Crippen LogP contribution < -0.4 is 5.32 Å². The molecule has 2 atom stereocenters. The number of rotatable bonds is 6. The zero-order chi connectivity index (χ0) is 12.3. The molecule has 0 bridgehead atoms. The lowest BCUT2D eigenvalue weighted by Crippen LogP contribution is -2.54. The van der Waals surface area contributed by atoms with Crippen molar-refractivity contribution < 1.29 is 0 Å². The van der Waals surface area contributed by atoms with E-state index < -0.39 is 0 Å². The summed E-state index contributed by atoms with van der Waals surface area (Å²) in [6.07, 6.45) is 2.89. The van der Waals surface area contributed by atoms with Crippen LogP contribution in [0.15, 0.2) is 0 Å². The predicted molar refractivity (Wildman–Crippen MR) is 73.3 cm³/mol. The highest BCUT2D eigenvalue weighted by Gasteiger charge is 2.33. The van der Waals surface area contributed by atoms with Gasteiger partial charge in [0.05, 0.1) is 0 Å². The molecular weight excluding hydrogens is 210 g/mol. The Morgan fingerprint density at radius 1 is 1.24 bits per heavy atom. The standard InChI is InChI=1S/C14H29N3/c1-4-15-14(13-6-7-13)11-16-8-9-17(5-2)12(3)10-16/h12-15H,4-11H2,1-3H3. The van der Waals surface area contributed by atoms with Crippen molar-refractivity contribution in [2.45, 2.75) is 45.7 Å². The Bertz CT molecular complexity index is 228. The van der Waals surface area contributed by atoms with Gasteiger partial charge < -0.3 is 5.32 Å². The van der Waals surface area contributed by atoms with Crippen molar-refractivity contribution in [1.82, 2.24) is 15.1 Å². The van der Waals surface area contributed by atoms with Crippen LogP contribution in [0, 0.1) is 5.92 Å². The van der Waals surface area contributed by atoms with Gasteiger partial charge in [-0.3, -0.25) is 9.80 Å². The molecule has 2 unspecified atom stereocenters. The number of nitrogens with one attached hydrogen (secondary N) is 1. The van der Waals surface area contributed by atoms with E-state index >= 15 is 0 Å². The SMILES string of the molecule is CCNC(CN1CCN(CC)C(C)C1)C1CC1. The number of likely N-dealkylation sites (N-methyl/N-ethyl adjacent to an activating group) is 2. The van der Waals surface area contributed by atoms with Gasteiger partial charge in [0, 0.05) is 38.3 Å². The minimum absolute atomic E-state index is 0.732. The van der Waals surface area contributed by atoms with E-state index in [0.717, 1.165) is 24.5 Å². The molecule has 0 amide bonds. The van der Waals surface area contributed by atoms with Crippen molar-refractivity contribution in [2.75, 3.05) is 39.3 Å². The van der Waals surface area contributed by atoms with Crippen molar-refractivity contribution in [3.63, 3.8) is 0 Å². The second-order valence-corrected chi connectivity index (χ2v) is 5.74. The van der Waals surface area contributed by atoms with E-state index in [4.69, 9.17) is 0 Å². The van der Waals surface area contributed by atoms with Crippen molar-refractivity contribution >= 4 is 0 Å². The summed E-state index contributed by atoms with van der Waals surface area (Å²) in [6.45, 7) is 14.2.